The third-order valence-electron chi connectivity index (χ3n) is 5.23. The number of carboxylic acids is 1. The number of halogens is 1. The SMILES string of the molecule is Cc1cc(Br)c(N2C(=O)NC(=O)/C(=C/c3ccc(-c4ccccc4C(=O)[O-])o3)C2=O)cc1C. The van der Waals surface area contributed by atoms with E-state index in [1.54, 1.807) is 30.3 Å². The lowest BCUT2D eigenvalue weighted by molar-refractivity contribution is -0.255. The number of urea groups is 1. The maximum Gasteiger partial charge on any atom is 0.335 e. The van der Waals surface area contributed by atoms with Crippen molar-refractivity contribution in [2.75, 3.05) is 4.90 Å². The van der Waals surface area contributed by atoms with Gasteiger partial charge in [-0.2, -0.15) is 0 Å². The molecule has 1 fully saturated rings. The third kappa shape index (κ3) is 4.10. The van der Waals surface area contributed by atoms with Crippen LogP contribution in [-0.4, -0.2) is 23.8 Å². The molecule has 0 bridgehead atoms. The van der Waals surface area contributed by atoms with Crippen molar-refractivity contribution >= 4 is 51.5 Å². The number of amides is 4. The molecular weight excluding hydrogens is 492 g/mol. The number of barbiturate groups is 1. The number of anilines is 1. The summed E-state index contributed by atoms with van der Waals surface area (Å²) < 4.78 is 6.19. The van der Waals surface area contributed by atoms with Crippen LogP contribution in [0.5, 0.6) is 0 Å². The van der Waals surface area contributed by atoms with Crippen molar-refractivity contribution in [1.82, 2.24) is 5.32 Å². The van der Waals surface area contributed by atoms with Gasteiger partial charge in [0.25, 0.3) is 11.8 Å². The summed E-state index contributed by atoms with van der Waals surface area (Å²) in [5.41, 5.74) is 2.03. The Morgan fingerprint density at radius 1 is 1.06 bits per heavy atom. The second kappa shape index (κ2) is 8.51. The number of rotatable bonds is 4. The Balaban J connectivity index is 1.73. The van der Waals surface area contributed by atoms with Gasteiger partial charge in [0.2, 0.25) is 0 Å². The summed E-state index contributed by atoms with van der Waals surface area (Å²) in [7, 11) is 0. The first kappa shape index (κ1) is 22.2. The minimum absolute atomic E-state index is 0.0612. The summed E-state index contributed by atoms with van der Waals surface area (Å²) in [6, 6.07) is 11.7. The maximum absolute atomic E-state index is 13.1. The molecule has 3 aromatic rings. The molecule has 0 unspecified atom stereocenters. The molecular formula is C24H16BrN2O6-. The molecule has 0 saturated carbocycles. The number of imide groups is 2. The van der Waals surface area contributed by atoms with E-state index < -0.39 is 23.8 Å². The summed E-state index contributed by atoms with van der Waals surface area (Å²) in [6.45, 7) is 3.73. The largest absolute Gasteiger partial charge is 0.545 e. The lowest BCUT2D eigenvalue weighted by Gasteiger charge is -2.27. The Morgan fingerprint density at radius 3 is 2.48 bits per heavy atom. The van der Waals surface area contributed by atoms with Crippen LogP contribution >= 0.6 is 15.9 Å². The summed E-state index contributed by atoms with van der Waals surface area (Å²) >= 11 is 3.37. The quantitative estimate of drug-likeness (QED) is 0.427. The normalized spacial score (nSPS) is 15.2. The van der Waals surface area contributed by atoms with Crippen LogP contribution in [0.25, 0.3) is 17.4 Å². The zero-order chi connectivity index (χ0) is 23.9. The highest BCUT2D eigenvalue weighted by Gasteiger charge is 2.38. The second-order valence-electron chi connectivity index (χ2n) is 7.38. The van der Waals surface area contributed by atoms with Crippen LogP contribution in [-0.2, 0) is 9.59 Å². The van der Waals surface area contributed by atoms with Gasteiger partial charge in [-0.15, -0.1) is 0 Å². The van der Waals surface area contributed by atoms with E-state index in [2.05, 4.69) is 21.2 Å². The first-order valence-corrected chi connectivity index (χ1v) is 10.6. The molecule has 0 aliphatic carbocycles. The number of benzene rings is 2. The van der Waals surface area contributed by atoms with E-state index in [1.165, 1.54) is 24.3 Å². The van der Waals surface area contributed by atoms with Crippen molar-refractivity contribution in [2.45, 2.75) is 13.8 Å². The van der Waals surface area contributed by atoms with Gasteiger partial charge >= 0.3 is 6.03 Å². The molecule has 1 aliphatic heterocycles. The topological polar surface area (TPSA) is 120 Å². The van der Waals surface area contributed by atoms with Gasteiger partial charge in [-0.3, -0.25) is 14.9 Å². The number of furan rings is 1. The number of aromatic carboxylic acids is 1. The fourth-order valence-corrected chi connectivity index (χ4v) is 4.04. The van der Waals surface area contributed by atoms with Gasteiger partial charge in [-0.25, -0.2) is 9.69 Å². The number of carbonyl (C=O) groups is 4. The van der Waals surface area contributed by atoms with Crippen molar-refractivity contribution in [3.63, 3.8) is 0 Å². The highest BCUT2D eigenvalue weighted by atomic mass is 79.9. The van der Waals surface area contributed by atoms with Gasteiger partial charge in [0.15, 0.2) is 0 Å². The zero-order valence-corrected chi connectivity index (χ0v) is 19.1. The number of hydrogen-bond donors (Lipinski definition) is 1. The standard InChI is InChI=1S/C24H17BrN2O6/c1-12-9-18(25)19(10-13(12)2)27-22(29)17(21(28)26-24(27)32)11-14-7-8-20(33-14)15-5-3-4-6-16(15)23(30)31/h3-11H,1-2H3,(H,30,31)(H,26,28,32)/p-1/b17-11-. The highest BCUT2D eigenvalue weighted by molar-refractivity contribution is 9.10. The van der Waals surface area contributed by atoms with Crippen molar-refractivity contribution < 1.29 is 28.7 Å². The average Bonchev–Trinajstić information content (AvgIpc) is 3.23. The number of carbonyl (C=O) groups excluding carboxylic acids is 4. The summed E-state index contributed by atoms with van der Waals surface area (Å²) in [5, 5.41) is 13.5. The molecule has 4 rings (SSSR count). The monoisotopic (exact) mass is 507 g/mol. The molecule has 1 N–H and O–H groups in total. The maximum atomic E-state index is 13.1. The van der Waals surface area contributed by atoms with Crippen LogP contribution < -0.4 is 15.3 Å². The van der Waals surface area contributed by atoms with E-state index in [0.29, 0.717) is 10.2 Å². The number of nitrogens with one attached hydrogen (secondary N) is 1. The molecule has 0 atom stereocenters. The number of carboxylic acid groups (broad SMARTS) is 1. The summed E-state index contributed by atoms with van der Waals surface area (Å²) in [4.78, 5) is 50.3. The fourth-order valence-electron chi connectivity index (χ4n) is 3.41. The Bertz CT molecular complexity index is 1370. The smallest absolute Gasteiger partial charge is 0.335 e. The summed E-state index contributed by atoms with van der Waals surface area (Å²) in [6.07, 6.45) is 1.21. The molecule has 0 spiro atoms. The van der Waals surface area contributed by atoms with Gasteiger partial charge in [-0.1, -0.05) is 24.3 Å². The predicted molar refractivity (Wildman–Crippen MR) is 121 cm³/mol. The first-order chi connectivity index (χ1) is 15.7. The number of aryl methyl sites for hydroxylation is 2. The van der Waals surface area contributed by atoms with Crippen molar-refractivity contribution in [1.29, 1.82) is 0 Å². The Kier molecular flexibility index (Phi) is 5.73. The van der Waals surface area contributed by atoms with Gasteiger partial charge in [0.05, 0.1) is 11.7 Å². The van der Waals surface area contributed by atoms with E-state index in [4.69, 9.17) is 4.42 Å². The Hall–Kier alpha value is -3.98. The molecule has 1 aliphatic rings. The van der Waals surface area contributed by atoms with E-state index in [-0.39, 0.29) is 28.2 Å². The molecule has 0 radical (unpaired) electrons. The van der Waals surface area contributed by atoms with Crippen LogP contribution in [0, 0.1) is 13.8 Å². The van der Waals surface area contributed by atoms with Crippen LogP contribution in [0.3, 0.4) is 0 Å². The van der Waals surface area contributed by atoms with Gasteiger partial charge in [0, 0.05) is 15.6 Å². The number of hydrogen-bond acceptors (Lipinski definition) is 6. The Morgan fingerprint density at radius 2 is 1.76 bits per heavy atom. The van der Waals surface area contributed by atoms with Crippen LogP contribution in [0.4, 0.5) is 10.5 Å². The van der Waals surface area contributed by atoms with Gasteiger partial charge < -0.3 is 14.3 Å². The minimum Gasteiger partial charge on any atom is -0.545 e. The van der Waals surface area contributed by atoms with Crippen LogP contribution in [0.2, 0.25) is 0 Å². The molecule has 9 heteroatoms. The van der Waals surface area contributed by atoms with Crippen LogP contribution in [0.1, 0.15) is 27.2 Å². The van der Waals surface area contributed by atoms with E-state index in [1.807, 2.05) is 13.8 Å². The lowest BCUT2D eigenvalue weighted by atomic mass is 10.1. The van der Waals surface area contributed by atoms with E-state index in [9.17, 15) is 24.3 Å². The van der Waals surface area contributed by atoms with Crippen LogP contribution in [0.15, 0.2) is 63.0 Å². The Labute approximate surface area is 196 Å². The molecule has 1 aromatic heterocycles. The van der Waals surface area contributed by atoms with E-state index >= 15 is 0 Å². The minimum atomic E-state index is -1.36. The second-order valence-corrected chi connectivity index (χ2v) is 8.24. The molecule has 33 heavy (non-hydrogen) atoms. The first-order valence-electron chi connectivity index (χ1n) is 9.76. The molecule has 2 aromatic carbocycles. The molecule has 8 nitrogen and oxygen atoms in total. The van der Waals surface area contributed by atoms with Gasteiger partial charge in [-0.05, 0) is 71.2 Å². The molecule has 166 valence electrons. The van der Waals surface area contributed by atoms with Gasteiger partial charge in [0.1, 0.15) is 17.1 Å². The van der Waals surface area contributed by atoms with Crippen molar-refractivity contribution in [3.05, 3.63) is 81.0 Å². The van der Waals surface area contributed by atoms with Crippen molar-refractivity contribution in [3.8, 4) is 11.3 Å². The fraction of sp³-hybridized carbons (Fsp3) is 0.0833. The molecule has 4 amide bonds. The number of nitrogens with zero attached hydrogens (tertiary/aromatic N) is 1. The predicted octanol–water partition coefficient (Wildman–Crippen LogP) is 3.36. The molecule has 2 heterocycles. The van der Waals surface area contributed by atoms with E-state index in [0.717, 1.165) is 16.0 Å². The zero-order valence-electron chi connectivity index (χ0n) is 17.5. The molecule has 1 saturated heterocycles. The average molecular weight is 508 g/mol. The third-order valence-corrected chi connectivity index (χ3v) is 5.87. The lowest BCUT2D eigenvalue weighted by Crippen LogP contribution is -2.54. The summed E-state index contributed by atoms with van der Waals surface area (Å²) in [5.74, 6) is -2.70. The highest BCUT2D eigenvalue weighted by Crippen LogP contribution is 2.32. The van der Waals surface area contributed by atoms with Crippen molar-refractivity contribution in [2.24, 2.45) is 0 Å².